The van der Waals surface area contributed by atoms with Crippen LogP contribution in [-0.4, -0.2) is 28.9 Å². The molecule has 1 atom stereocenters. The monoisotopic (exact) mass is 769 g/mol. The lowest BCUT2D eigenvalue weighted by molar-refractivity contribution is -0.121. The minimum atomic E-state index is -0.701. The quantitative estimate of drug-likeness (QED) is 0.109. The fourth-order valence-electron chi connectivity index (χ4n) is 5.01. The van der Waals surface area contributed by atoms with E-state index in [1.165, 1.54) is 30.0 Å². The molecular formula is C38H26BrClFN3O5S. The Balaban J connectivity index is 1.15. The van der Waals surface area contributed by atoms with Gasteiger partial charge in [0.05, 0.1) is 10.9 Å². The first-order chi connectivity index (χ1) is 24.1. The molecule has 8 nitrogen and oxygen atoms in total. The van der Waals surface area contributed by atoms with Gasteiger partial charge < -0.3 is 15.4 Å². The number of hydrogen-bond acceptors (Lipinski definition) is 6. The maximum atomic E-state index is 14.7. The summed E-state index contributed by atoms with van der Waals surface area (Å²) >= 11 is 10.4. The van der Waals surface area contributed by atoms with Gasteiger partial charge in [0.15, 0.2) is 0 Å². The van der Waals surface area contributed by atoms with Gasteiger partial charge in [0, 0.05) is 37.6 Å². The van der Waals surface area contributed by atoms with Crippen LogP contribution in [-0.2, 0) is 14.4 Å². The number of rotatable bonds is 10. The molecule has 5 aromatic carbocycles. The summed E-state index contributed by atoms with van der Waals surface area (Å²) in [5, 5.41) is 5.23. The van der Waals surface area contributed by atoms with Crippen LogP contribution in [0.5, 0.6) is 11.5 Å². The number of benzene rings is 5. The van der Waals surface area contributed by atoms with E-state index < -0.39 is 22.9 Å². The van der Waals surface area contributed by atoms with Gasteiger partial charge in [0.25, 0.3) is 11.8 Å². The largest absolute Gasteiger partial charge is 0.457 e. The number of nitrogens with one attached hydrogen (secondary N) is 2. The molecule has 0 aromatic heterocycles. The van der Waals surface area contributed by atoms with Crippen LogP contribution in [0.3, 0.4) is 0 Å². The summed E-state index contributed by atoms with van der Waals surface area (Å²) in [5.41, 5.74) is 0.972. The summed E-state index contributed by atoms with van der Waals surface area (Å²) < 4.78 is 20.9. The molecule has 0 radical (unpaired) electrons. The molecule has 50 heavy (non-hydrogen) atoms. The fourth-order valence-corrected chi connectivity index (χ4v) is 6.71. The van der Waals surface area contributed by atoms with E-state index >= 15 is 0 Å². The Morgan fingerprint density at radius 2 is 1.56 bits per heavy atom. The molecule has 0 saturated carbocycles. The summed E-state index contributed by atoms with van der Waals surface area (Å²) in [6.07, 6.45) is 1.24. The van der Waals surface area contributed by atoms with Crippen LogP contribution in [0.15, 0.2) is 136 Å². The predicted molar refractivity (Wildman–Crippen MR) is 196 cm³/mol. The molecule has 5 aromatic rings. The Bertz CT molecular complexity index is 2090. The Labute approximate surface area is 304 Å². The second-order valence-electron chi connectivity index (χ2n) is 10.9. The first-order valence-corrected chi connectivity index (χ1v) is 17.2. The average Bonchev–Trinajstić information content (AvgIpc) is 3.39. The summed E-state index contributed by atoms with van der Waals surface area (Å²) in [4.78, 5) is 54.7. The van der Waals surface area contributed by atoms with Gasteiger partial charge in [0.2, 0.25) is 11.8 Å². The number of nitrogens with zero attached hydrogens (tertiary/aromatic N) is 1. The number of carbonyl (C=O) groups excluding carboxylic acids is 4. The van der Waals surface area contributed by atoms with Crippen LogP contribution in [0.4, 0.5) is 15.8 Å². The van der Waals surface area contributed by atoms with Gasteiger partial charge in [-0.05, 0) is 97.1 Å². The van der Waals surface area contributed by atoms with E-state index in [1.54, 1.807) is 109 Å². The van der Waals surface area contributed by atoms with E-state index in [9.17, 15) is 23.6 Å². The predicted octanol–water partition coefficient (Wildman–Crippen LogP) is 8.87. The van der Waals surface area contributed by atoms with Crippen LogP contribution in [0.25, 0.3) is 6.08 Å². The number of anilines is 2. The molecule has 1 unspecified atom stereocenters. The number of hydrogen-bond donors (Lipinski definition) is 2. The molecule has 1 saturated heterocycles. The van der Waals surface area contributed by atoms with Gasteiger partial charge in [-0.3, -0.25) is 19.2 Å². The topological polar surface area (TPSA) is 105 Å². The maximum Gasteiger partial charge on any atom is 0.272 e. The highest BCUT2D eigenvalue weighted by Crippen LogP contribution is 2.36. The third kappa shape index (κ3) is 8.31. The summed E-state index contributed by atoms with van der Waals surface area (Å²) in [7, 11) is 0. The molecule has 6 rings (SSSR count). The van der Waals surface area contributed by atoms with Gasteiger partial charge in [-0.15, -0.1) is 11.8 Å². The van der Waals surface area contributed by atoms with Crippen molar-refractivity contribution in [2.24, 2.45) is 0 Å². The summed E-state index contributed by atoms with van der Waals surface area (Å²) in [5.74, 6) is -1.44. The normalized spacial score (nSPS) is 14.4. The Morgan fingerprint density at radius 1 is 0.880 bits per heavy atom. The average molecular weight is 771 g/mol. The molecule has 1 aliphatic heterocycles. The SMILES string of the molecule is O=C(Nc1cccc(SC2CC(=O)N(c3ccc(Oc4ccc(Cl)cc4)cc3)C2=O)c1)/C(=C/c1c(F)cccc1Br)NC(=O)c1ccccc1. The van der Waals surface area contributed by atoms with Crippen molar-refractivity contribution in [2.75, 3.05) is 10.2 Å². The van der Waals surface area contributed by atoms with Crippen molar-refractivity contribution in [3.8, 4) is 11.5 Å². The van der Waals surface area contributed by atoms with E-state index in [1.807, 2.05) is 0 Å². The van der Waals surface area contributed by atoms with E-state index in [0.29, 0.717) is 42.8 Å². The summed E-state index contributed by atoms with van der Waals surface area (Å²) in [6.45, 7) is 0. The molecule has 0 spiro atoms. The van der Waals surface area contributed by atoms with Crippen molar-refractivity contribution in [2.45, 2.75) is 16.6 Å². The number of imide groups is 1. The van der Waals surface area contributed by atoms with E-state index in [4.69, 9.17) is 16.3 Å². The second-order valence-corrected chi connectivity index (χ2v) is 13.5. The smallest absolute Gasteiger partial charge is 0.272 e. The van der Waals surface area contributed by atoms with Crippen LogP contribution >= 0.6 is 39.3 Å². The molecule has 0 bridgehead atoms. The zero-order valence-electron chi connectivity index (χ0n) is 25.9. The summed E-state index contributed by atoms with van der Waals surface area (Å²) in [6, 6.07) is 32.9. The van der Waals surface area contributed by atoms with Gasteiger partial charge in [-0.2, -0.15) is 0 Å². The van der Waals surface area contributed by atoms with E-state index in [2.05, 4.69) is 26.6 Å². The highest BCUT2D eigenvalue weighted by atomic mass is 79.9. The molecule has 2 N–H and O–H groups in total. The van der Waals surface area contributed by atoms with Crippen LogP contribution < -0.4 is 20.3 Å². The van der Waals surface area contributed by atoms with Crippen molar-refractivity contribution in [1.29, 1.82) is 0 Å². The zero-order valence-corrected chi connectivity index (χ0v) is 29.1. The third-order valence-corrected chi connectivity index (χ3v) is 9.56. The lowest BCUT2D eigenvalue weighted by Crippen LogP contribution is -2.31. The minimum absolute atomic E-state index is 0.0148. The molecule has 0 aliphatic carbocycles. The van der Waals surface area contributed by atoms with Crippen molar-refractivity contribution >= 4 is 80.4 Å². The second kappa shape index (κ2) is 15.5. The standard InChI is InChI=1S/C38H26BrClFN3O5S/c39-31-10-5-11-32(41)30(31)21-33(43-36(46)23-6-2-1-3-7-23)37(47)42-25-8-4-9-29(20-25)50-34-22-35(45)44(38(34)48)26-14-18-28(19-15-26)49-27-16-12-24(40)13-17-27/h1-21,34H,22H2,(H,42,47)(H,43,46)/b33-21-. The van der Waals surface area contributed by atoms with Gasteiger partial charge in [-0.25, -0.2) is 9.29 Å². The number of ether oxygens (including phenoxy) is 1. The Kier molecular flexibility index (Phi) is 10.8. The number of amides is 4. The lowest BCUT2D eigenvalue weighted by atomic mass is 10.1. The van der Waals surface area contributed by atoms with E-state index in [-0.39, 0.29) is 29.5 Å². The van der Waals surface area contributed by atoms with E-state index in [0.717, 1.165) is 4.90 Å². The number of thioether (sulfide) groups is 1. The van der Waals surface area contributed by atoms with Crippen molar-refractivity contribution < 1.29 is 28.3 Å². The van der Waals surface area contributed by atoms with Gasteiger partial charge in [0.1, 0.15) is 23.0 Å². The number of carbonyl (C=O) groups is 4. The van der Waals surface area contributed by atoms with Gasteiger partial charge in [-0.1, -0.05) is 57.9 Å². The highest BCUT2D eigenvalue weighted by Gasteiger charge is 2.40. The van der Waals surface area contributed by atoms with Crippen molar-refractivity contribution in [3.05, 3.63) is 153 Å². The van der Waals surface area contributed by atoms with Crippen molar-refractivity contribution in [3.63, 3.8) is 0 Å². The van der Waals surface area contributed by atoms with Gasteiger partial charge >= 0.3 is 0 Å². The highest BCUT2D eigenvalue weighted by molar-refractivity contribution is 9.10. The zero-order chi connectivity index (χ0) is 35.2. The van der Waals surface area contributed by atoms with Crippen LogP contribution in [0, 0.1) is 5.82 Å². The van der Waals surface area contributed by atoms with Crippen LogP contribution in [0.2, 0.25) is 5.02 Å². The fraction of sp³-hybridized carbons (Fsp3) is 0.0526. The minimum Gasteiger partial charge on any atom is -0.457 e. The third-order valence-electron chi connectivity index (χ3n) is 7.44. The molecule has 12 heteroatoms. The molecule has 4 amide bonds. The van der Waals surface area contributed by atoms with Crippen LogP contribution in [0.1, 0.15) is 22.3 Å². The molecule has 1 heterocycles. The molecule has 1 aliphatic rings. The Hall–Kier alpha value is -5.23. The molecule has 250 valence electrons. The first-order valence-electron chi connectivity index (χ1n) is 15.1. The Morgan fingerprint density at radius 3 is 2.26 bits per heavy atom. The lowest BCUT2D eigenvalue weighted by Gasteiger charge is -2.16. The van der Waals surface area contributed by atoms with Crippen molar-refractivity contribution in [1.82, 2.24) is 5.32 Å². The molecular weight excluding hydrogens is 745 g/mol. The first kappa shape index (κ1) is 34.6. The maximum absolute atomic E-state index is 14.7. The number of halogens is 3. The molecule has 1 fully saturated rings.